The zero-order valence-electron chi connectivity index (χ0n) is 16.2. The number of carbonyl (C=O) groups excluding carboxylic acids is 4. The molecule has 0 radical (unpaired) electrons. The SMILES string of the molecule is CCCC[C@@]1(c2ccc(F)cc2)NC(=O)N(CC(=O)NC(=O)NC(C)C)C1=O. The lowest BCUT2D eigenvalue weighted by molar-refractivity contribution is -0.135. The average Bonchev–Trinajstić information content (AvgIpc) is 2.85. The minimum atomic E-state index is -1.36. The van der Waals surface area contributed by atoms with Crippen molar-refractivity contribution >= 4 is 23.9 Å². The molecule has 0 unspecified atom stereocenters. The van der Waals surface area contributed by atoms with Crippen molar-refractivity contribution in [3.05, 3.63) is 35.6 Å². The topological polar surface area (TPSA) is 108 Å². The first kappa shape index (κ1) is 21.3. The van der Waals surface area contributed by atoms with Gasteiger partial charge in [0, 0.05) is 6.04 Å². The maximum absolute atomic E-state index is 13.3. The van der Waals surface area contributed by atoms with Crippen LogP contribution in [0.1, 0.15) is 45.6 Å². The fraction of sp³-hybridized carbons (Fsp3) is 0.474. The minimum absolute atomic E-state index is 0.176. The summed E-state index contributed by atoms with van der Waals surface area (Å²) < 4.78 is 13.3. The second-order valence-electron chi connectivity index (χ2n) is 7.01. The van der Waals surface area contributed by atoms with Gasteiger partial charge in [0.25, 0.3) is 5.91 Å². The van der Waals surface area contributed by atoms with Crippen LogP contribution in [0.25, 0.3) is 0 Å². The van der Waals surface area contributed by atoms with Gasteiger partial charge in [-0.05, 0) is 38.0 Å². The van der Waals surface area contributed by atoms with Crippen molar-refractivity contribution in [1.82, 2.24) is 20.9 Å². The molecule has 28 heavy (non-hydrogen) atoms. The predicted molar refractivity (Wildman–Crippen MR) is 99.7 cm³/mol. The number of halogens is 1. The van der Waals surface area contributed by atoms with E-state index in [1.807, 2.05) is 6.92 Å². The van der Waals surface area contributed by atoms with Crippen LogP contribution < -0.4 is 16.0 Å². The molecule has 152 valence electrons. The largest absolute Gasteiger partial charge is 0.336 e. The number of unbranched alkanes of at least 4 members (excludes halogenated alkanes) is 1. The zero-order chi connectivity index (χ0) is 20.9. The summed E-state index contributed by atoms with van der Waals surface area (Å²) in [5.74, 6) is -1.84. The van der Waals surface area contributed by atoms with Gasteiger partial charge in [0.2, 0.25) is 5.91 Å². The van der Waals surface area contributed by atoms with Crippen molar-refractivity contribution in [2.45, 2.75) is 51.6 Å². The zero-order valence-corrected chi connectivity index (χ0v) is 16.2. The average molecular weight is 392 g/mol. The van der Waals surface area contributed by atoms with Gasteiger partial charge in [-0.2, -0.15) is 0 Å². The van der Waals surface area contributed by atoms with Crippen LogP contribution >= 0.6 is 0 Å². The lowest BCUT2D eigenvalue weighted by Crippen LogP contribution is -2.48. The van der Waals surface area contributed by atoms with Gasteiger partial charge in [-0.25, -0.2) is 14.0 Å². The molecular formula is C19H25FN4O4. The van der Waals surface area contributed by atoms with Crippen molar-refractivity contribution in [3.63, 3.8) is 0 Å². The van der Waals surface area contributed by atoms with E-state index in [2.05, 4.69) is 16.0 Å². The predicted octanol–water partition coefficient (Wildman–Crippen LogP) is 2.00. The summed E-state index contributed by atoms with van der Waals surface area (Å²) in [7, 11) is 0. The lowest BCUT2D eigenvalue weighted by atomic mass is 9.85. The van der Waals surface area contributed by atoms with E-state index in [1.54, 1.807) is 13.8 Å². The highest BCUT2D eigenvalue weighted by molar-refractivity contribution is 6.10. The molecular weight excluding hydrogens is 367 g/mol. The Balaban J connectivity index is 2.21. The second-order valence-corrected chi connectivity index (χ2v) is 7.01. The number of amides is 6. The normalized spacial score (nSPS) is 19.0. The molecule has 0 spiro atoms. The third-order valence-electron chi connectivity index (χ3n) is 4.39. The van der Waals surface area contributed by atoms with Crippen LogP contribution in [0, 0.1) is 5.82 Å². The molecule has 1 fully saturated rings. The third kappa shape index (κ3) is 4.65. The van der Waals surface area contributed by atoms with Crippen LogP contribution in [0.15, 0.2) is 24.3 Å². The maximum atomic E-state index is 13.3. The Morgan fingerprint density at radius 2 is 1.86 bits per heavy atom. The van der Waals surface area contributed by atoms with Gasteiger partial charge in [-0.15, -0.1) is 0 Å². The van der Waals surface area contributed by atoms with Gasteiger partial charge in [-0.1, -0.05) is 31.9 Å². The minimum Gasteiger partial charge on any atom is -0.336 e. The molecule has 0 saturated carbocycles. The molecule has 1 atom stereocenters. The summed E-state index contributed by atoms with van der Waals surface area (Å²) in [6, 6.07) is 3.71. The fourth-order valence-electron chi connectivity index (χ4n) is 3.06. The molecule has 9 heteroatoms. The quantitative estimate of drug-likeness (QED) is 0.617. The first-order valence-corrected chi connectivity index (χ1v) is 9.20. The lowest BCUT2D eigenvalue weighted by Gasteiger charge is -2.27. The molecule has 2 rings (SSSR count). The maximum Gasteiger partial charge on any atom is 0.325 e. The van der Waals surface area contributed by atoms with E-state index in [-0.39, 0.29) is 6.04 Å². The van der Waals surface area contributed by atoms with E-state index in [0.717, 1.165) is 11.3 Å². The number of benzene rings is 1. The number of hydrogen-bond acceptors (Lipinski definition) is 4. The molecule has 8 nitrogen and oxygen atoms in total. The second kappa shape index (κ2) is 8.81. The van der Waals surface area contributed by atoms with Gasteiger partial charge in [0.05, 0.1) is 0 Å². The van der Waals surface area contributed by atoms with Crippen molar-refractivity contribution in [1.29, 1.82) is 0 Å². The highest BCUT2D eigenvalue weighted by atomic mass is 19.1. The summed E-state index contributed by atoms with van der Waals surface area (Å²) in [5.41, 5.74) is -0.914. The fourth-order valence-corrected chi connectivity index (χ4v) is 3.06. The number of nitrogens with one attached hydrogen (secondary N) is 3. The molecule has 1 heterocycles. The van der Waals surface area contributed by atoms with Crippen molar-refractivity contribution in [2.24, 2.45) is 0 Å². The van der Waals surface area contributed by atoms with E-state index in [1.165, 1.54) is 24.3 Å². The van der Waals surface area contributed by atoms with E-state index >= 15 is 0 Å². The summed E-state index contributed by atoms with van der Waals surface area (Å²) in [4.78, 5) is 50.0. The van der Waals surface area contributed by atoms with E-state index < -0.39 is 41.8 Å². The Labute approximate surface area is 162 Å². The van der Waals surface area contributed by atoms with Crippen LogP contribution in [0.4, 0.5) is 14.0 Å². The Bertz CT molecular complexity index is 766. The molecule has 1 aromatic rings. The number of hydrogen-bond donors (Lipinski definition) is 3. The number of imide groups is 2. The number of carbonyl (C=O) groups is 4. The third-order valence-corrected chi connectivity index (χ3v) is 4.39. The first-order chi connectivity index (χ1) is 13.2. The van der Waals surface area contributed by atoms with Gasteiger partial charge >= 0.3 is 12.1 Å². The molecule has 1 aliphatic rings. The highest BCUT2D eigenvalue weighted by Crippen LogP contribution is 2.34. The molecule has 1 saturated heterocycles. The Morgan fingerprint density at radius 1 is 1.21 bits per heavy atom. The van der Waals surface area contributed by atoms with E-state index in [9.17, 15) is 23.6 Å². The first-order valence-electron chi connectivity index (χ1n) is 9.20. The van der Waals surface area contributed by atoms with Crippen LogP contribution in [0.5, 0.6) is 0 Å². The van der Waals surface area contributed by atoms with Crippen molar-refractivity contribution in [2.75, 3.05) is 6.54 Å². The van der Waals surface area contributed by atoms with Gasteiger partial charge in [-0.3, -0.25) is 19.8 Å². The molecule has 0 aromatic heterocycles. The summed E-state index contributed by atoms with van der Waals surface area (Å²) in [5, 5.41) is 7.23. The number of nitrogens with zero attached hydrogens (tertiary/aromatic N) is 1. The summed E-state index contributed by atoms with van der Waals surface area (Å²) in [6.45, 7) is 4.81. The van der Waals surface area contributed by atoms with E-state index in [4.69, 9.17) is 0 Å². The van der Waals surface area contributed by atoms with Crippen LogP contribution in [0.3, 0.4) is 0 Å². The van der Waals surface area contributed by atoms with Crippen molar-refractivity contribution in [3.8, 4) is 0 Å². The highest BCUT2D eigenvalue weighted by Gasteiger charge is 2.52. The summed E-state index contributed by atoms with van der Waals surface area (Å²) >= 11 is 0. The Hall–Kier alpha value is -2.97. The molecule has 1 aromatic carbocycles. The van der Waals surface area contributed by atoms with Gasteiger partial charge in [0.1, 0.15) is 17.9 Å². The van der Waals surface area contributed by atoms with Gasteiger partial charge < -0.3 is 10.6 Å². The molecule has 0 aliphatic carbocycles. The van der Waals surface area contributed by atoms with Crippen LogP contribution in [-0.4, -0.2) is 41.4 Å². The standard InChI is InChI=1S/C19H25FN4O4/c1-4-5-10-19(13-6-8-14(20)9-7-13)16(26)24(18(28)23-19)11-15(25)22-17(27)21-12(2)3/h6-9,12H,4-5,10-11H2,1-3H3,(H,23,28)(H2,21,22,25,27)/t19-/m0/s1. The number of rotatable bonds is 7. The Kier molecular flexibility index (Phi) is 6.71. The van der Waals surface area contributed by atoms with Gasteiger partial charge in [0.15, 0.2) is 0 Å². The van der Waals surface area contributed by atoms with Crippen LogP contribution in [-0.2, 0) is 15.1 Å². The number of urea groups is 2. The molecule has 0 bridgehead atoms. The molecule has 1 aliphatic heterocycles. The van der Waals surface area contributed by atoms with E-state index in [0.29, 0.717) is 18.4 Å². The summed E-state index contributed by atoms with van der Waals surface area (Å²) in [6.07, 6.45) is 1.73. The Morgan fingerprint density at radius 3 is 2.43 bits per heavy atom. The smallest absolute Gasteiger partial charge is 0.325 e. The monoisotopic (exact) mass is 392 g/mol. The van der Waals surface area contributed by atoms with Crippen LogP contribution in [0.2, 0.25) is 0 Å². The molecule has 6 amide bonds. The molecule has 3 N–H and O–H groups in total. The van der Waals surface area contributed by atoms with Crippen molar-refractivity contribution < 1.29 is 23.6 Å².